The summed E-state index contributed by atoms with van der Waals surface area (Å²) in [7, 11) is 0. The van der Waals surface area contributed by atoms with E-state index in [9.17, 15) is 19.7 Å². The molecule has 0 saturated heterocycles. The first-order valence-electron chi connectivity index (χ1n) is 6.78. The molecule has 0 aromatic heterocycles. The lowest BCUT2D eigenvalue weighted by atomic mass is 10.1. The van der Waals surface area contributed by atoms with E-state index in [-0.39, 0.29) is 23.8 Å². The Morgan fingerprint density at radius 1 is 1.12 bits per heavy atom. The average Bonchev–Trinajstić information content (AvgIpc) is 2.58. The molecule has 0 aliphatic heterocycles. The van der Waals surface area contributed by atoms with Gasteiger partial charge in [-0.05, 0) is 18.2 Å². The maximum Gasteiger partial charge on any atom is 0.316 e. The highest BCUT2D eigenvalue weighted by atomic mass is 79.9. The van der Waals surface area contributed by atoms with E-state index in [2.05, 4.69) is 15.9 Å². The zero-order valence-corrected chi connectivity index (χ0v) is 14.7. The van der Waals surface area contributed by atoms with Crippen LogP contribution in [-0.4, -0.2) is 29.0 Å². The molecule has 0 spiro atoms. The Kier molecular flexibility index (Phi) is 6.51. The van der Waals surface area contributed by atoms with Gasteiger partial charge in [0.1, 0.15) is 0 Å². The van der Waals surface area contributed by atoms with Crippen molar-refractivity contribution in [1.82, 2.24) is 0 Å². The van der Waals surface area contributed by atoms with Crippen LogP contribution >= 0.6 is 27.7 Å². The largest absolute Gasteiger partial charge is 0.457 e. The minimum Gasteiger partial charge on any atom is -0.457 e. The van der Waals surface area contributed by atoms with Gasteiger partial charge in [0.15, 0.2) is 12.4 Å². The molecule has 0 N–H and O–H groups in total. The molecule has 2 rings (SSSR count). The first kappa shape index (κ1) is 18.2. The summed E-state index contributed by atoms with van der Waals surface area (Å²) in [5.74, 6) is -1.03. The van der Waals surface area contributed by atoms with Crippen molar-refractivity contribution in [2.45, 2.75) is 4.90 Å². The number of Topliss-reactive ketones (excluding diaryl/α,β-unsaturated/α-hetero) is 1. The van der Waals surface area contributed by atoms with Gasteiger partial charge in [0.05, 0.1) is 15.6 Å². The third kappa shape index (κ3) is 5.17. The minimum atomic E-state index is -0.608. The molecule has 2 aromatic carbocycles. The number of carbonyl (C=O) groups is 2. The molecule has 0 aliphatic carbocycles. The van der Waals surface area contributed by atoms with Crippen LogP contribution in [0.4, 0.5) is 5.69 Å². The van der Waals surface area contributed by atoms with Crippen molar-refractivity contribution in [2.75, 3.05) is 12.4 Å². The number of ketones is 1. The lowest BCUT2D eigenvalue weighted by Gasteiger charge is -2.05. The lowest BCUT2D eigenvalue weighted by Crippen LogP contribution is -2.15. The van der Waals surface area contributed by atoms with Gasteiger partial charge in [-0.25, -0.2) is 0 Å². The average molecular weight is 410 g/mol. The fraction of sp³-hybridized carbons (Fsp3) is 0.125. The second-order valence-corrected chi connectivity index (χ2v) is 6.54. The van der Waals surface area contributed by atoms with Crippen LogP contribution in [0.5, 0.6) is 0 Å². The van der Waals surface area contributed by atoms with Crippen LogP contribution in [0.2, 0.25) is 0 Å². The second-order valence-electron chi connectivity index (χ2n) is 4.60. The number of ether oxygens (including phenoxy) is 1. The van der Waals surface area contributed by atoms with E-state index in [0.717, 1.165) is 16.2 Å². The number of halogens is 1. The number of rotatable bonds is 7. The number of nitro groups is 1. The third-order valence-electron chi connectivity index (χ3n) is 2.94. The number of esters is 1. The SMILES string of the molecule is O=C(CSc1ccccc1[N+](=O)[O-])OCC(=O)c1ccc(Br)cc1. The summed E-state index contributed by atoms with van der Waals surface area (Å²) < 4.78 is 5.76. The van der Waals surface area contributed by atoms with Crippen molar-refractivity contribution in [3.05, 3.63) is 68.7 Å². The molecule has 0 saturated carbocycles. The number of para-hydroxylation sites is 1. The summed E-state index contributed by atoms with van der Waals surface area (Å²) >= 11 is 4.27. The van der Waals surface area contributed by atoms with Crippen LogP contribution in [-0.2, 0) is 9.53 Å². The molecular formula is C16H12BrNO5S. The summed E-state index contributed by atoms with van der Waals surface area (Å²) in [5, 5.41) is 10.9. The molecule has 24 heavy (non-hydrogen) atoms. The fourth-order valence-electron chi connectivity index (χ4n) is 1.77. The van der Waals surface area contributed by atoms with Crippen molar-refractivity contribution in [3.63, 3.8) is 0 Å². The topological polar surface area (TPSA) is 86.5 Å². The van der Waals surface area contributed by atoms with Crippen LogP contribution < -0.4 is 0 Å². The summed E-state index contributed by atoms with van der Waals surface area (Å²) in [4.78, 5) is 34.4. The maximum atomic E-state index is 11.9. The number of nitrogens with zero attached hydrogens (tertiary/aromatic N) is 1. The standard InChI is InChI=1S/C16H12BrNO5S/c17-12-7-5-11(6-8-12)14(19)9-23-16(20)10-24-15-4-2-1-3-13(15)18(21)22/h1-8H,9-10H2. The summed E-state index contributed by atoms with van der Waals surface area (Å²) in [6, 6.07) is 12.8. The van der Waals surface area contributed by atoms with E-state index < -0.39 is 10.9 Å². The minimum absolute atomic E-state index is 0.0683. The summed E-state index contributed by atoms with van der Waals surface area (Å²) in [5.41, 5.74) is 0.374. The number of hydrogen-bond acceptors (Lipinski definition) is 6. The predicted molar refractivity (Wildman–Crippen MR) is 93.3 cm³/mol. The monoisotopic (exact) mass is 409 g/mol. The Balaban J connectivity index is 1.85. The van der Waals surface area contributed by atoms with Crippen molar-refractivity contribution in [2.24, 2.45) is 0 Å². The Bertz CT molecular complexity index is 763. The van der Waals surface area contributed by atoms with Gasteiger partial charge in [-0.1, -0.05) is 40.2 Å². The smallest absolute Gasteiger partial charge is 0.316 e. The Hall–Kier alpha value is -2.19. The fourth-order valence-corrected chi connectivity index (χ4v) is 2.86. The third-order valence-corrected chi connectivity index (χ3v) is 4.50. The maximum absolute atomic E-state index is 11.9. The molecule has 8 heteroatoms. The van der Waals surface area contributed by atoms with Crippen LogP contribution in [0, 0.1) is 10.1 Å². The van der Waals surface area contributed by atoms with Crippen molar-refractivity contribution >= 4 is 45.1 Å². The second kappa shape index (κ2) is 8.60. The number of hydrogen-bond donors (Lipinski definition) is 0. The first-order chi connectivity index (χ1) is 11.5. The first-order valence-corrected chi connectivity index (χ1v) is 8.56. The van der Waals surface area contributed by atoms with Crippen LogP contribution in [0.25, 0.3) is 0 Å². The van der Waals surface area contributed by atoms with Gasteiger partial charge in [-0.2, -0.15) is 0 Å². The Labute approximate surface area is 150 Å². The predicted octanol–water partition coefficient (Wildman–Crippen LogP) is 3.88. The highest BCUT2D eigenvalue weighted by molar-refractivity contribution is 9.10. The normalized spacial score (nSPS) is 10.2. The van der Waals surface area contributed by atoms with Crippen LogP contribution in [0.3, 0.4) is 0 Å². The number of benzene rings is 2. The highest BCUT2D eigenvalue weighted by Gasteiger charge is 2.15. The zero-order chi connectivity index (χ0) is 17.5. The molecular weight excluding hydrogens is 398 g/mol. The molecule has 0 heterocycles. The molecule has 0 amide bonds. The van der Waals surface area contributed by atoms with Crippen molar-refractivity contribution < 1.29 is 19.2 Å². The molecule has 0 bridgehead atoms. The van der Waals surface area contributed by atoms with E-state index in [4.69, 9.17) is 4.74 Å². The van der Waals surface area contributed by atoms with Gasteiger partial charge < -0.3 is 4.74 Å². The van der Waals surface area contributed by atoms with E-state index in [1.54, 1.807) is 42.5 Å². The molecule has 0 radical (unpaired) electrons. The molecule has 6 nitrogen and oxygen atoms in total. The number of thioether (sulfide) groups is 1. The molecule has 0 fully saturated rings. The van der Waals surface area contributed by atoms with E-state index in [1.165, 1.54) is 6.07 Å². The highest BCUT2D eigenvalue weighted by Crippen LogP contribution is 2.28. The molecule has 124 valence electrons. The summed E-state index contributed by atoms with van der Waals surface area (Å²) in [6.07, 6.45) is 0. The van der Waals surface area contributed by atoms with E-state index in [1.807, 2.05) is 0 Å². The van der Waals surface area contributed by atoms with Gasteiger partial charge in [0.25, 0.3) is 5.69 Å². The van der Waals surface area contributed by atoms with E-state index >= 15 is 0 Å². The Morgan fingerprint density at radius 3 is 2.46 bits per heavy atom. The Morgan fingerprint density at radius 2 is 1.79 bits per heavy atom. The van der Waals surface area contributed by atoms with Gasteiger partial charge >= 0.3 is 5.97 Å². The van der Waals surface area contributed by atoms with Gasteiger partial charge in [0.2, 0.25) is 0 Å². The molecule has 0 unspecified atom stereocenters. The van der Waals surface area contributed by atoms with Crippen LogP contribution in [0.1, 0.15) is 10.4 Å². The van der Waals surface area contributed by atoms with Gasteiger partial charge in [0, 0.05) is 16.1 Å². The zero-order valence-electron chi connectivity index (χ0n) is 12.3. The van der Waals surface area contributed by atoms with Crippen LogP contribution in [0.15, 0.2) is 57.9 Å². The molecule has 0 aliphatic rings. The molecule has 0 atom stereocenters. The quantitative estimate of drug-likeness (QED) is 0.226. The number of carbonyl (C=O) groups excluding carboxylic acids is 2. The molecule has 2 aromatic rings. The summed E-state index contributed by atoms with van der Waals surface area (Å²) in [6.45, 7) is -0.363. The van der Waals surface area contributed by atoms with E-state index in [0.29, 0.717) is 10.5 Å². The number of nitro benzene ring substituents is 1. The van der Waals surface area contributed by atoms with Gasteiger partial charge in [-0.3, -0.25) is 19.7 Å². The van der Waals surface area contributed by atoms with Gasteiger partial charge in [-0.15, -0.1) is 11.8 Å². The van der Waals surface area contributed by atoms with Crippen molar-refractivity contribution in [1.29, 1.82) is 0 Å². The lowest BCUT2D eigenvalue weighted by molar-refractivity contribution is -0.387. The van der Waals surface area contributed by atoms with Crippen molar-refractivity contribution in [3.8, 4) is 0 Å².